The van der Waals surface area contributed by atoms with E-state index >= 15 is 0 Å². The molecule has 0 radical (unpaired) electrons. The minimum atomic E-state index is -3.42. The molecule has 1 N–H and O–H groups in total. The van der Waals surface area contributed by atoms with Gasteiger partial charge in [-0.15, -0.1) is 0 Å². The first kappa shape index (κ1) is 17.9. The Labute approximate surface area is 134 Å². The van der Waals surface area contributed by atoms with Crippen molar-refractivity contribution in [3.8, 4) is 0 Å². The summed E-state index contributed by atoms with van der Waals surface area (Å²) in [5, 5.41) is 3.92. The molecule has 0 atom stereocenters. The standard InChI is InChI=1S/C12H16Cl2NO3PS/c1-3-17-19(16,18-4-2)12(20)15-8-9-5-6-10(13)7-11(9)14/h5-7H,3-4,8H2,1-2H3,(H,15,20). The predicted octanol–water partition coefficient (Wildman–Crippen LogP) is 4.63. The topological polar surface area (TPSA) is 47.6 Å². The van der Waals surface area contributed by atoms with Crippen LogP contribution in [0.5, 0.6) is 0 Å². The molecule has 1 aromatic rings. The Morgan fingerprint density at radius 1 is 1.30 bits per heavy atom. The van der Waals surface area contributed by atoms with Crippen LogP contribution in [0.15, 0.2) is 18.2 Å². The minimum absolute atomic E-state index is 0.0483. The molecule has 1 aromatic carbocycles. The second-order valence-corrected chi connectivity index (χ2v) is 7.24. The van der Waals surface area contributed by atoms with Crippen molar-refractivity contribution in [3.63, 3.8) is 0 Å². The van der Waals surface area contributed by atoms with Crippen LogP contribution in [0.4, 0.5) is 0 Å². The van der Waals surface area contributed by atoms with Gasteiger partial charge in [0.2, 0.25) is 0 Å². The van der Waals surface area contributed by atoms with Crippen LogP contribution in [-0.2, 0) is 20.2 Å². The van der Waals surface area contributed by atoms with Crippen LogP contribution < -0.4 is 5.32 Å². The predicted molar refractivity (Wildman–Crippen MR) is 86.8 cm³/mol. The van der Waals surface area contributed by atoms with E-state index in [1.165, 1.54) is 0 Å². The smallest absolute Gasteiger partial charge is 0.365 e. The molecule has 0 aliphatic heterocycles. The van der Waals surface area contributed by atoms with E-state index in [1.54, 1.807) is 32.0 Å². The minimum Gasteiger partial charge on any atom is -0.365 e. The number of hydrogen-bond acceptors (Lipinski definition) is 4. The van der Waals surface area contributed by atoms with Gasteiger partial charge in [-0.1, -0.05) is 41.5 Å². The summed E-state index contributed by atoms with van der Waals surface area (Å²) >= 11 is 17.0. The molecule has 0 fully saturated rings. The number of benzene rings is 1. The SMILES string of the molecule is CCOP(=O)(OCC)C(=S)NCc1ccc(Cl)cc1Cl. The molecule has 0 heterocycles. The highest BCUT2D eigenvalue weighted by molar-refractivity contribution is 7.97. The molecule has 0 saturated heterocycles. The first-order chi connectivity index (χ1) is 9.42. The van der Waals surface area contributed by atoms with E-state index in [1.807, 2.05) is 0 Å². The first-order valence-electron chi connectivity index (χ1n) is 6.04. The lowest BCUT2D eigenvalue weighted by molar-refractivity contribution is 0.232. The van der Waals surface area contributed by atoms with E-state index in [2.05, 4.69) is 5.32 Å². The molecule has 112 valence electrons. The maximum atomic E-state index is 12.4. The van der Waals surface area contributed by atoms with E-state index in [4.69, 9.17) is 44.5 Å². The second kappa shape index (κ2) is 8.32. The molecular formula is C12H16Cl2NO3PS. The zero-order chi connectivity index (χ0) is 15.2. The maximum absolute atomic E-state index is 12.4. The first-order valence-corrected chi connectivity index (χ1v) is 8.75. The summed E-state index contributed by atoms with van der Waals surface area (Å²) in [6.07, 6.45) is 0. The third kappa shape index (κ3) is 4.99. The largest absolute Gasteiger partial charge is 0.388 e. The van der Waals surface area contributed by atoms with Crippen molar-refractivity contribution >= 4 is 47.7 Å². The molecule has 0 aromatic heterocycles. The van der Waals surface area contributed by atoms with Crippen molar-refractivity contribution < 1.29 is 13.6 Å². The molecule has 0 spiro atoms. The summed E-state index contributed by atoms with van der Waals surface area (Å²) in [5.74, 6) is 0. The van der Waals surface area contributed by atoms with Gasteiger partial charge in [0.1, 0.15) is 0 Å². The summed E-state index contributed by atoms with van der Waals surface area (Å²) in [7, 11) is -3.42. The highest BCUT2D eigenvalue weighted by Gasteiger charge is 2.29. The number of rotatable bonds is 7. The monoisotopic (exact) mass is 355 g/mol. The van der Waals surface area contributed by atoms with E-state index in [0.29, 0.717) is 16.6 Å². The van der Waals surface area contributed by atoms with Gasteiger partial charge in [0, 0.05) is 16.6 Å². The third-order valence-corrected chi connectivity index (χ3v) is 5.55. The Hall–Kier alpha value is -0.160. The van der Waals surface area contributed by atoms with Gasteiger partial charge in [0.15, 0.2) is 4.73 Å². The van der Waals surface area contributed by atoms with Crippen LogP contribution in [-0.4, -0.2) is 17.9 Å². The summed E-state index contributed by atoms with van der Waals surface area (Å²) in [6.45, 7) is 4.27. The maximum Gasteiger partial charge on any atom is 0.388 e. The van der Waals surface area contributed by atoms with Crippen LogP contribution >= 0.6 is 43.0 Å². The van der Waals surface area contributed by atoms with Gasteiger partial charge in [0.25, 0.3) is 0 Å². The molecule has 1 rings (SSSR count). The van der Waals surface area contributed by atoms with Crippen LogP contribution in [0, 0.1) is 0 Å². The van der Waals surface area contributed by atoms with E-state index in [0.717, 1.165) is 5.56 Å². The zero-order valence-corrected chi connectivity index (χ0v) is 14.4. The van der Waals surface area contributed by atoms with Gasteiger partial charge in [0.05, 0.1) is 13.2 Å². The van der Waals surface area contributed by atoms with Gasteiger partial charge in [-0.25, -0.2) is 0 Å². The van der Waals surface area contributed by atoms with Gasteiger partial charge >= 0.3 is 7.60 Å². The average Bonchev–Trinajstić information content (AvgIpc) is 2.38. The molecule has 20 heavy (non-hydrogen) atoms. The van der Waals surface area contributed by atoms with Crippen molar-refractivity contribution in [2.45, 2.75) is 20.4 Å². The lowest BCUT2D eigenvalue weighted by atomic mass is 10.2. The fraction of sp³-hybridized carbons (Fsp3) is 0.417. The molecule has 0 aliphatic carbocycles. The van der Waals surface area contributed by atoms with E-state index < -0.39 is 7.60 Å². The molecule has 0 saturated carbocycles. The summed E-state index contributed by atoms with van der Waals surface area (Å²) in [5.41, 5.74) is 0.790. The van der Waals surface area contributed by atoms with Crippen molar-refractivity contribution in [1.82, 2.24) is 5.32 Å². The van der Waals surface area contributed by atoms with Crippen LogP contribution in [0.3, 0.4) is 0 Å². The van der Waals surface area contributed by atoms with Crippen molar-refractivity contribution in [2.24, 2.45) is 0 Å². The average molecular weight is 356 g/mol. The van der Waals surface area contributed by atoms with Gasteiger partial charge < -0.3 is 14.4 Å². The van der Waals surface area contributed by atoms with E-state index in [-0.39, 0.29) is 17.9 Å². The molecule has 0 amide bonds. The van der Waals surface area contributed by atoms with Crippen molar-refractivity contribution in [2.75, 3.05) is 13.2 Å². The van der Waals surface area contributed by atoms with Gasteiger partial charge in [-0.3, -0.25) is 4.57 Å². The highest BCUT2D eigenvalue weighted by atomic mass is 35.5. The molecular weight excluding hydrogens is 340 g/mol. The summed E-state index contributed by atoms with van der Waals surface area (Å²) < 4.78 is 22.7. The van der Waals surface area contributed by atoms with Crippen molar-refractivity contribution in [3.05, 3.63) is 33.8 Å². The number of halogens is 2. The van der Waals surface area contributed by atoms with Gasteiger partial charge in [-0.05, 0) is 31.5 Å². The zero-order valence-electron chi connectivity index (χ0n) is 11.2. The van der Waals surface area contributed by atoms with Gasteiger partial charge in [-0.2, -0.15) is 0 Å². The van der Waals surface area contributed by atoms with E-state index in [9.17, 15) is 4.57 Å². The Morgan fingerprint density at radius 3 is 2.40 bits per heavy atom. The quantitative estimate of drug-likeness (QED) is 0.570. The fourth-order valence-corrected chi connectivity index (χ4v) is 3.55. The van der Waals surface area contributed by atoms with Crippen molar-refractivity contribution in [1.29, 1.82) is 0 Å². The lowest BCUT2D eigenvalue weighted by Crippen LogP contribution is -2.23. The lowest BCUT2D eigenvalue weighted by Gasteiger charge is -2.19. The Balaban J connectivity index is 2.72. The molecule has 8 heteroatoms. The van der Waals surface area contributed by atoms with Crippen LogP contribution in [0.25, 0.3) is 0 Å². The normalized spacial score (nSPS) is 11.4. The number of thiocarbonyl (C=S) groups is 1. The summed E-state index contributed by atoms with van der Waals surface area (Å²) in [6, 6.07) is 5.12. The molecule has 4 nitrogen and oxygen atoms in total. The number of nitrogens with one attached hydrogen (secondary N) is 1. The molecule has 0 aliphatic rings. The summed E-state index contributed by atoms with van der Waals surface area (Å²) in [4.78, 5) is 0. The second-order valence-electron chi connectivity index (χ2n) is 3.73. The fourth-order valence-electron chi connectivity index (χ4n) is 1.43. The molecule has 0 bridgehead atoms. The third-order valence-electron chi connectivity index (χ3n) is 2.29. The Morgan fingerprint density at radius 2 is 1.90 bits per heavy atom. The Bertz CT molecular complexity index is 517. The molecule has 0 unspecified atom stereocenters. The Kier molecular flexibility index (Phi) is 7.45. The number of hydrogen-bond donors (Lipinski definition) is 1. The van der Waals surface area contributed by atoms with Crippen LogP contribution in [0.1, 0.15) is 19.4 Å². The highest BCUT2D eigenvalue weighted by Crippen LogP contribution is 2.48. The van der Waals surface area contributed by atoms with Crippen LogP contribution in [0.2, 0.25) is 10.0 Å².